The van der Waals surface area contributed by atoms with Crippen molar-refractivity contribution in [3.63, 3.8) is 0 Å². The van der Waals surface area contributed by atoms with Gasteiger partial charge in [0.25, 0.3) is 5.79 Å². The lowest BCUT2D eigenvalue weighted by atomic mass is 10.0. The van der Waals surface area contributed by atoms with Crippen LogP contribution in [0.15, 0.2) is 54.6 Å². The molecule has 1 unspecified atom stereocenters. The SMILES string of the molecule is COC(=O)c1ccc2nc(CN3C[C@@H]4[C@H](C3)[C@H]4c3cccc4c3OC(C)(c3ccc(Cl)cc3F)O4)n(C[C@@H]3CCO3)c2c1. The number of ether oxygens (including phenoxy) is 4. The first-order chi connectivity index (χ1) is 20.8. The van der Waals surface area contributed by atoms with E-state index < -0.39 is 11.6 Å². The van der Waals surface area contributed by atoms with E-state index in [2.05, 4.69) is 15.5 Å². The van der Waals surface area contributed by atoms with E-state index in [1.165, 1.54) is 13.2 Å². The van der Waals surface area contributed by atoms with Crippen LogP contribution in [0.2, 0.25) is 5.02 Å². The molecular formula is C33H31ClFN3O5. The summed E-state index contributed by atoms with van der Waals surface area (Å²) in [6.07, 6.45) is 1.17. The minimum atomic E-state index is -1.26. The van der Waals surface area contributed by atoms with Crippen molar-refractivity contribution in [2.24, 2.45) is 11.8 Å². The fourth-order valence-electron chi connectivity index (χ4n) is 7.16. The maximum absolute atomic E-state index is 14.8. The molecule has 10 heteroatoms. The molecule has 4 aliphatic rings. The van der Waals surface area contributed by atoms with E-state index in [1.54, 1.807) is 25.1 Å². The molecule has 1 aliphatic carbocycles. The summed E-state index contributed by atoms with van der Waals surface area (Å²) in [7, 11) is 1.39. The minimum Gasteiger partial charge on any atom is -0.465 e. The van der Waals surface area contributed by atoms with E-state index in [1.807, 2.05) is 24.3 Å². The van der Waals surface area contributed by atoms with Gasteiger partial charge in [0.15, 0.2) is 11.5 Å². The number of hydrogen-bond acceptors (Lipinski definition) is 7. The monoisotopic (exact) mass is 603 g/mol. The summed E-state index contributed by atoms with van der Waals surface area (Å²) in [5.74, 6) is 1.58. The van der Waals surface area contributed by atoms with Crippen LogP contribution in [0, 0.1) is 17.7 Å². The first-order valence-electron chi connectivity index (χ1n) is 14.7. The van der Waals surface area contributed by atoms with E-state index in [4.69, 9.17) is 35.5 Å². The molecule has 8 nitrogen and oxygen atoms in total. The lowest BCUT2D eigenvalue weighted by molar-refractivity contribution is -0.0710. The van der Waals surface area contributed by atoms with E-state index in [-0.39, 0.29) is 12.1 Å². The van der Waals surface area contributed by atoms with E-state index in [0.717, 1.165) is 55.1 Å². The zero-order chi connectivity index (χ0) is 29.5. The number of carbonyl (C=O) groups excluding carboxylic acids is 1. The van der Waals surface area contributed by atoms with Crippen LogP contribution in [-0.2, 0) is 28.4 Å². The van der Waals surface area contributed by atoms with Crippen molar-refractivity contribution in [1.82, 2.24) is 14.5 Å². The van der Waals surface area contributed by atoms with E-state index in [9.17, 15) is 9.18 Å². The molecule has 8 rings (SSSR count). The fourth-order valence-corrected chi connectivity index (χ4v) is 7.31. The summed E-state index contributed by atoms with van der Waals surface area (Å²) in [5.41, 5.74) is 3.73. The van der Waals surface area contributed by atoms with Gasteiger partial charge in [0, 0.05) is 37.2 Å². The van der Waals surface area contributed by atoms with E-state index in [0.29, 0.717) is 51.9 Å². The highest BCUT2D eigenvalue weighted by atomic mass is 35.5. The second-order valence-electron chi connectivity index (χ2n) is 12.1. The second-order valence-corrected chi connectivity index (χ2v) is 12.5. The highest BCUT2D eigenvalue weighted by Gasteiger charge is 2.58. The highest BCUT2D eigenvalue weighted by Crippen LogP contribution is 2.62. The molecule has 0 N–H and O–H groups in total. The Bertz CT molecular complexity index is 1760. The van der Waals surface area contributed by atoms with Crippen molar-refractivity contribution in [2.45, 2.75) is 44.2 Å². The predicted molar refractivity (Wildman–Crippen MR) is 157 cm³/mol. The Hall–Kier alpha value is -3.66. The maximum atomic E-state index is 14.8. The zero-order valence-electron chi connectivity index (χ0n) is 23.9. The molecule has 4 heterocycles. The average molecular weight is 604 g/mol. The summed E-state index contributed by atoms with van der Waals surface area (Å²) < 4.78 is 40.3. The van der Waals surface area contributed by atoms with Crippen LogP contribution in [0.1, 0.15) is 46.6 Å². The van der Waals surface area contributed by atoms with E-state index >= 15 is 0 Å². The summed E-state index contributed by atoms with van der Waals surface area (Å²) in [4.78, 5) is 19.6. The van der Waals surface area contributed by atoms with Crippen molar-refractivity contribution in [1.29, 1.82) is 0 Å². The molecule has 1 aromatic heterocycles. The molecule has 3 fully saturated rings. The van der Waals surface area contributed by atoms with Crippen molar-refractivity contribution in [2.75, 3.05) is 26.8 Å². The molecule has 3 aromatic carbocycles. The first-order valence-corrected chi connectivity index (χ1v) is 15.1. The molecule has 0 bridgehead atoms. The molecule has 3 aliphatic heterocycles. The largest absolute Gasteiger partial charge is 0.465 e. The number of rotatable bonds is 7. The molecule has 222 valence electrons. The number of hydrogen-bond donors (Lipinski definition) is 0. The van der Waals surface area contributed by atoms with Gasteiger partial charge in [-0.15, -0.1) is 0 Å². The van der Waals surface area contributed by atoms with Gasteiger partial charge in [-0.1, -0.05) is 23.7 Å². The highest BCUT2D eigenvalue weighted by molar-refractivity contribution is 6.30. The number of likely N-dealkylation sites (tertiary alicyclic amines) is 1. The van der Waals surface area contributed by atoms with Gasteiger partial charge in [0.2, 0.25) is 0 Å². The molecule has 0 spiro atoms. The third-order valence-electron chi connectivity index (χ3n) is 9.45. The number of aromatic nitrogens is 2. The van der Waals surface area contributed by atoms with Gasteiger partial charge in [-0.25, -0.2) is 14.2 Å². The topological polar surface area (TPSA) is 75.0 Å². The molecular weight excluding hydrogens is 573 g/mol. The van der Waals surface area contributed by atoms with Gasteiger partial charge < -0.3 is 23.5 Å². The summed E-state index contributed by atoms with van der Waals surface area (Å²) in [6, 6.07) is 16.0. The summed E-state index contributed by atoms with van der Waals surface area (Å²) in [5, 5.41) is 0.328. The molecule has 1 saturated carbocycles. The Labute approximate surface area is 253 Å². The molecule has 0 amide bonds. The predicted octanol–water partition coefficient (Wildman–Crippen LogP) is 5.89. The van der Waals surface area contributed by atoms with Gasteiger partial charge in [0.05, 0.1) is 48.5 Å². The number of benzene rings is 3. The Morgan fingerprint density at radius 2 is 1.95 bits per heavy atom. The average Bonchev–Trinajstić information content (AvgIpc) is 3.25. The molecule has 4 aromatic rings. The number of fused-ring (bicyclic) bond motifs is 3. The molecule has 43 heavy (non-hydrogen) atoms. The maximum Gasteiger partial charge on any atom is 0.337 e. The van der Waals surface area contributed by atoms with Crippen LogP contribution in [0.4, 0.5) is 4.39 Å². The number of carbonyl (C=O) groups is 1. The normalized spacial score (nSPS) is 27.3. The number of para-hydroxylation sites is 1. The number of halogens is 2. The van der Waals surface area contributed by atoms with Gasteiger partial charge in [-0.05, 0) is 66.6 Å². The summed E-state index contributed by atoms with van der Waals surface area (Å²) >= 11 is 5.98. The fraction of sp³-hybridized carbons (Fsp3) is 0.394. The molecule has 0 radical (unpaired) electrons. The van der Waals surface area contributed by atoms with Crippen LogP contribution in [-0.4, -0.2) is 53.3 Å². The Morgan fingerprint density at radius 3 is 2.67 bits per heavy atom. The molecule has 5 atom stereocenters. The smallest absolute Gasteiger partial charge is 0.337 e. The number of piperidine rings is 1. The van der Waals surface area contributed by atoms with Crippen molar-refractivity contribution in [3.8, 4) is 11.5 Å². The Balaban J connectivity index is 1.00. The van der Waals surface area contributed by atoms with Crippen LogP contribution in [0.3, 0.4) is 0 Å². The van der Waals surface area contributed by atoms with Gasteiger partial charge in [-0.3, -0.25) is 4.90 Å². The number of imidazole rings is 1. The van der Waals surface area contributed by atoms with Crippen molar-refractivity contribution < 1.29 is 28.1 Å². The van der Waals surface area contributed by atoms with Crippen molar-refractivity contribution >= 4 is 28.6 Å². The second kappa shape index (κ2) is 9.94. The first kappa shape index (κ1) is 26.9. The molecule has 2 saturated heterocycles. The quantitative estimate of drug-likeness (QED) is 0.244. The number of esters is 1. The standard InChI is InChI=1S/C33H31ClFN3O5/c1-33(24-8-7-19(34)13-25(24)35)42-28-5-3-4-21(31(28)43-33)30-22-15-37(16-23(22)30)17-29-36-26-9-6-18(32(39)40-2)12-27(26)38(29)14-20-10-11-41-20/h3-9,12-13,20,22-23,30H,10-11,14-17H2,1-2H3/t20-,22-,23+,30+,33?/m0/s1. The van der Waals surface area contributed by atoms with Gasteiger partial charge in [0.1, 0.15) is 11.6 Å². The minimum absolute atomic E-state index is 0.156. The Morgan fingerprint density at radius 1 is 1.14 bits per heavy atom. The third-order valence-corrected chi connectivity index (χ3v) is 9.69. The lowest BCUT2D eigenvalue weighted by Crippen LogP contribution is -2.33. The Kier molecular flexibility index (Phi) is 6.22. The van der Waals surface area contributed by atoms with Crippen LogP contribution >= 0.6 is 11.6 Å². The van der Waals surface area contributed by atoms with Gasteiger partial charge >= 0.3 is 5.97 Å². The van der Waals surface area contributed by atoms with Crippen LogP contribution in [0.25, 0.3) is 11.0 Å². The van der Waals surface area contributed by atoms with Crippen LogP contribution in [0.5, 0.6) is 11.5 Å². The zero-order valence-corrected chi connectivity index (χ0v) is 24.6. The summed E-state index contributed by atoms with van der Waals surface area (Å²) in [6.45, 7) is 5.84. The number of methoxy groups -OCH3 is 1. The van der Waals surface area contributed by atoms with Crippen LogP contribution < -0.4 is 9.47 Å². The number of nitrogens with zero attached hydrogens (tertiary/aromatic N) is 3. The lowest BCUT2D eigenvalue weighted by Gasteiger charge is -2.28. The van der Waals surface area contributed by atoms with Gasteiger partial charge in [-0.2, -0.15) is 0 Å². The third kappa shape index (κ3) is 4.48. The van der Waals surface area contributed by atoms with Crippen molar-refractivity contribution in [3.05, 3.63) is 88.0 Å².